The van der Waals surface area contributed by atoms with Crippen LogP contribution in [-0.4, -0.2) is 67.2 Å². The van der Waals surface area contributed by atoms with E-state index in [9.17, 15) is 8.42 Å². The number of hydrogen-bond acceptors (Lipinski definition) is 3. The molecule has 0 bridgehead atoms. The molecule has 1 aliphatic carbocycles. The van der Waals surface area contributed by atoms with Gasteiger partial charge in [0.2, 0.25) is 0 Å². The van der Waals surface area contributed by atoms with E-state index in [4.69, 9.17) is 0 Å². The van der Waals surface area contributed by atoms with Crippen molar-refractivity contribution in [3.63, 3.8) is 0 Å². The molecule has 24 heavy (non-hydrogen) atoms. The van der Waals surface area contributed by atoms with Gasteiger partial charge in [0, 0.05) is 45.3 Å². The fourth-order valence-electron chi connectivity index (χ4n) is 4.37. The number of nitrogens with zero attached hydrogens (tertiary/aromatic N) is 3. The molecule has 0 N–H and O–H groups in total. The largest absolute Gasteiger partial charge is 0.297 e. The number of fused-ring (bicyclic) bond motifs is 1. The second-order valence-electron chi connectivity index (χ2n) is 7.21. The monoisotopic (exact) mass is 349 g/mol. The summed E-state index contributed by atoms with van der Waals surface area (Å²) in [6, 6.07) is 9.31. The predicted octanol–water partition coefficient (Wildman–Crippen LogP) is 1.50. The summed E-state index contributed by atoms with van der Waals surface area (Å²) in [5, 5.41) is 0. The molecule has 0 spiro atoms. The van der Waals surface area contributed by atoms with E-state index in [0.29, 0.717) is 32.2 Å². The van der Waals surface area contributed by atoms with Crippen molar-refractivity contribution < 1.29 is 8.42 Å². The Morgan fingerprint density at radius 1 is 0.833 bits per heavy atom. The summed E-state index contributed by atoms with van der Waals surface area (Å²) < 4.78 is 28.7. The van der Waals surface area contributed by atoms with Gasteiger partial charge < -0.3 is 0 Å². The van der Waals surface area contributed by atoms with E-state index in [-0.39, 0.29) is 0 Å². The highest BCUT2D eigenvalue weighted by molar-refractivity contribution is 7.86. The Hall–Kier alpha value is -0.950. The second kappa shape index (κ2) is 6.75. The van der Waals surface area contributed by atoms with Crippen molar-refractivity contribution in [2.24, 2.45) is 0 Å². The third-order valence-electron chi connectivity index (χ3n) is 5.83. The van der Waals surface area contributed by atoms with Crippen LogP contribution < -0.4 is 0 Å². The van der Waals surface area contributed by atoms with Gasteiger partial charge in [-0.25, -0.2) is 0 Å². The van der Waals surface area contributed by atoms with Crippen LogP contribution >= 0.6 is 0 Å². The summed E-state index contributed by atoms with van der Waals surface area (Å²) >= 11 is 0. The van der Waals surface area contributed by atoms with E-state index < -0.39 is 10.2 Å². The molecule has 4 rings (SSSR count). The van der Waals surface area contributed by atoms with Gasteiger partial charge in [0.05, 0.1) is 0 Å². The fraction of sp³-hybridized carbons (Fsp3) is 0.667. The Morgan fingerprint density at radius 2 is 1.46 bits per heavy atom. The van der Waals surface area contributed by atoms with E-state index in [0.717, 1.165) is 38.8 Å². The number of piperazine rings is 1. The van der Waals surface area contributed by atoms with E-state index in [1.165, 1.54) is 17.5 Å². The molecule has 2 aliphatic heterocycles. The van der Waals surface area contributed by atoms with Crippen LogP contribution in [0.25, 0.3) is 0 Å². The van der Waals surface area contributed by atoms with Crippen LogP contribution in [0.1, 0.15) is 30.4 Å². The third-order valence-corrected chi connectivity index (χ3v) is 7.86. The molecule has 0 saturated carbocycles. The lowest BCUT2D eigenvalue weighted by Crippen LogP contribution is -2.55. The van der Waals surface area contributed by atoms with Crippen molar-refractivity contribution in [1.29, 1.82) is 0 Å². The maximum Gasteiger partial charge on any atom is 0.282 e. The zero-order chi connectivity index (χ0) is 16.6. The molecule has 0 amide bonds. The van der Waals surface area contributed by atoms with E-state index >= 15 is 0 Å². The van der Waals surface area contributed by atoms with Crippen LogP contribution in [0.5, 0.6) is 0 Å². The first-order valence-electron chi connectivity index (χ1n) is 9.21. The topological polar surface area (TPSA) is 43.9 Å². The SMILES string of the molecule is O=S(=O)(N1CCCC1)N1CCN([C@@H]2CCc3ccccc3C2)CC1. The molecule has 132 valence electrons. The molecule has 1 aromatic rings. The minimum atomic E-state index is -3.22. The van der Waals surface area contributed by atoms with Crippen LogP contribution in [0.3, 0.4) is 0 Å². The number of aryl methyl sites for hydroxylation is 1. The van der Waals surface area contributed by atoms with Crippen molar-refractivity contribution in [2.75, 3.05) is 39.3 Å². The lowest BCUT2D eigenvalue weighted by molar-refractivity contribution is 0.124. The lowest BCUT2D eigenvalue weighted by atomic mass is 9.87. The Labute approximate surface area is 145 Å². The lowest BCUT2D eigenvalue weighted by Gasteiger charge is -2.41. The quantitative estimate of drug-likeness (QED) is 0.831. The first-order chi connectivity index (χ1) is 11.6. The molecular weight excluding hydrogens is 322 g/mol. The van der Waals surface area contributed by atoms with E-state index in [1.807, 2.05) is 0 Å². The zero-order valence-corrected chi connectivity index (χ0v) is 15.0. The van der Waals surface area contributed by atoms with Gasteiger partial charge in [0.15, 0.2) is 0 Å². The van der Waals surface area contributed by atoms with Crippen molar-refractivity contribution in [1.82, 2.24) is 13.5 Å². The van der Waals surface area contributed by atoms with Crippen LogP contribution in [-0.2, 0) is 23.1 Å². The van der Waals surface area contributed by atoms with Gasteiger partial charge in [0.25, 0.3) is 10.2 Å². The van der Waals surface area contributed by atoms with Gasteiger partial charge in [-0.15, -0.1) is 0 Å². The standard InChI is InChI=1S/C18H27N3O2S/c22-24(23,20-9-3-4-10-20)21-13-11-19(12-14-21)18-8-7-16-5-1-2-6-17(16)15-18/h1-2,5-6,18H,3-4,7-15H2/t18-/m1/s1. The minimum Gasteiger partial charge on any atom is -0.297 e. The fourth-order valence-corrected chi connectivity index (χ4v) is 6.04. The molecule has 0 unspecified atom stereocenters. The first kappa shape index (κ1) is 16.5. The first-order valence-corrected chi connectivity index (χ1v) is 10.6. The molecule has 0 aromatic heterocycles. The number of hydrogen-bond donors (Lipinski definition) is 0. The Balaban J connectivity index is 1.37. The summed E-state index contributed by atoms with van der Waals surface area (Å²) in [5.74, 6) is 0. The summed E-state index contributed by atoms with van der Waals surface area (Å²) in [6.45, 7) is 4.39. The highest BCUT2D eigenvalue weighted by Gasteiger charge is 2.35. The van der Waals surface area contributed by atoms with Gasteiger partial charge in [0.1, 0.15) is 0 Å². The van der Waals surface area contributed by atoms with Gasteiger partial charge in [-0.2, -0.15) is 17.0 Å². The Bertz CT molecular complexity index is 677. The number of rotatable bonds is 3. The molecule has 2 fully saturated rings. The third kappa shape index (κ3) is 3.12. The van der Waals surface area contributed by atoms with Gasteiger partial charge >= 0.3 is 0 Å². The van der Waals surface area contributed by atoms with Crippen molar-refractivity contribution in [3.8, 4) is 0 Å². The highest BCUT2D eigenvalue weighted by atomic mass is 32.2. The predicted molar refractivity (Wildman–Crippen MR) is 95.1 cm³/mol. The summed E-state index contributed by atoms with van der Waals surface area (Å²) in [6.07, 6.45) is 5.44. The molecule has 1 atom stereocenters. The van der Waals surface area contributed by atoms with Crippen LogP contribution in [0.2, 0.25) is 0 Å². The normalized spacial score (nSPS) is 27.2. The van der Waals surface area contributed by atoms with Crippen LogP contribution in [0.4, 0.5) is 0 Å². The highest BCUT2D eigenvalue weighted by Crippen LogP contribution is 2.26. The second-order valence-corrected chi connectivity index (χ2v) is 9.14. The maximum absolute atomic E-state index is 12.7. The summed E-state index contributed by atoms with van der Waals surface area (Å²) in [5.41, 5.74) is 2.96. The van der Waals surface area contributed by atoms with Crippen molar-refractivity contribution >= 4 is 10.2 Å². The van der Waals surface area contributed by atoms with E-state index in [2.05, 4.69) is 29.2 Å². The average molecular weight is 350 g/mol. The Kier molecular flexibility index (Phi) is 4.64. The average Bonchev–Trinajstić information content (AvgIpc) is 3.17. The molecular formula is C18H27N3O2S. The molecule has 0 radical (unpaired) electrons. The summed E-state index contributed by atoms with van der Waals surface area (Å²) in [4.78, 5) is 2.51. The molecule has 2 saturated heterocycles. The van der Waals surface area contributed by atoms with Crippen molar-refractivity contribution in [2.45, 2.75) is 38.1 Å². The Morgan fingerprint density at radius 3 is 2.17 bits per heavy atom. The van der Waals surface area contributed by atoms with Gasteiger partial charge in [-0.1, -0.05) is 24.3 Å². The van der Waals surface area contributed by atoms with Gasteiger partial charge in [-0.3, -0.25) is 4.90 Å². The molecule has 6 heteroatoms. The minimum absolute atomic E-state index is 0.566. The smallest absolute Gasteiger partial charge is 0.282 e. The van der Waals surface area contributed by atoms with Crippen molar-refractivity contribution in [3.05, 3.63) is 35.4 Å². The van der Waals surface area contributed by atoms with Gasteiger partial charge in [-0.05, 0) is 43.2 Å². The van der Waals surface area contributed by atoms with E-state index in [1.54, 1.807) is 8.61 Å². The molecule has 3 aliphatic rings. The van der Waals surface area contributed by atoms with Crippen LogP contribution in [0.15, 0.2) is 24.3 Å². The van der Waals surface area contributed by atoms with Crippen LogP contribution in [0, 0.1) is 0 Å². The molecule has 1 aromatic carbocycles. The molecule has 2 heterocycles. The summed E-state index contributed by atoms with van der Waals surface area (Å²) in [7, 11) is -3.22. The number of benzene rings is 1. The molecule has 5 nitrogen and oxygen atoms in total. The zero-order valence-electron chi connectivity index (χ0n) is 14.2. The maximum atomic E-state index is 12.7.